The minimum atomic E-state index is -0.310. The summed E-state index contributed by atoms with van der Waals surface area (Å²) in [6, 6.07) is 15.5. The topological polar surface area (TPSA) is 58.6 Å². The summed E-state index contributed by atoms with van der Waals surface area (Å²) in [6.07, 6.45) is 2.05. The molecule has 0 aliphatic carbocycles. The molecule has 0 aromatic heterocycles. The molecule has 2 aromatic rings. The summed E-state index contributed by atoms with van der Waals surface area (Å²) in [7, 11) is 0. The second-order valence-electron chi connectivity index (χ2n) is 6.94. The Balaban J connectivity index is 1.34. The summed E-state index contributed by atoms with van der Waals surface area (Å²) in [5, 5.41) is 3.01. The van der Waals surface area contributed by atoms with Gasteiger partial charge < -0.3 is 15.0 Å². The minimum absolute atomic E-state index is 0.0672. The van der Waals surface area contributed by atoms with Crippen LogP contribution in [0.15, 0.2) is 54.6 Å². The van der Waals surface area contributed by atoms with E-state index in [0.29, 0.717) is 26.1 Å². The number of halogens is 1. The highest BCUT2D eigenvalue weighted by Crippen LogP contribution is 2.13. The van der Waals surface area contributed by atoms with Gasteiger partial charge in [0.05, 0.1) is 19.4 Å². The molecule has 148 valence electrons. The lowest BCUT2D eigenvalue weighted by Gasteiger charge is -2.32. The van der Waals surface area contributed by atoms with Crippen LogP contribution in [0.4, 0.5) is 4.39 Å². The molecule has 0 atom stereocenters. The lowest BCUT2D eigenvalue weighted by molar-refractivity contribution is -0.132. The van der Waals surface area contributed by atoms with Crippen molar-refractivity contribution in [1.29, 1.82) is 0 Å². The predicted octanol–water partition coefficient (Wildman–Crippen LogP) is 2.94. The molecule has 2 aromatic carbocycles. The summed E-state index contributed by atoms with van der Waals surface area (Å²) in [5.74, 6) is 0.452. The zero-order valence-electron chi connectivity index (χ0n) is 15.8. The van der Waals surface area contributed by atoms with E-state index in [9.17, 15) is 14.0 Å². The zero-order chi connectivity index (χ0) is 19.8. The van der Waals surface area contributed by atoms with Gasteiger partial charge in [-0.05, 0) is 42.7 Å². The van der Waals surface area contributed by atoms with E-state index in [4.69, 9.17) is 4.74 Å². The largest absolute Gasteiger partial charge is 0.493 e. The van der Waals surface area contributed by atoms with Crippen LogP contribution in [0.5, 0.6) is 5.75 Å². The Morgan fingerprint density at radius 3 is 2.39 bits per heavy atom. The molecule has 0 spiro atoms. The standard InChI is InChI=1S/C22H25FN2O3/c23-18-8-6-17(7-9-18)16-21(26)24-19-10-13-25(14-11-19)22(27)12-15-28-20-4-2-1-3-5-20/h1-9,19H,10-16H2,(H,24,26). The van der Waals surface area contributed by atoms with Gasteiger partial charge in [-0.1, -0.05) is 30.3 Å². The molecule has 5 nitrogen and oxygen atoms in total. The van der Waals surface area contributed by atoms with Crippen molar-refractivity contribution in [2.75, 3.05) is 19.7 Å². The van der Waals surface area contributed by atoms with Crippen molar-refractivity contribution in [3.63, 3.8) is 0 Å². The van der Waals surface area contributed by atoms with Crippen LogP contribution in [0, 0.1) is 5.82 Å². The summed E-state index contributed by atoms with van der Waals surface area (Å²) >= 11 is 0. The van der Waals surface area contributed by atoms with Crippen molar-refractivity contribution in [1.82, 2.24) is 10.2 Å². The highest BCUT2D eigenvalue weighted by Gasteiger charge is 2.23. The van der Waals surface area contributed by atoms with Gasteiger partial charge in [0.1, 0.15) is 11.6 Å². The Hall–Kier alpha value is -2.89. The number of carbonyl (C=O) groups excluding carboxylic acids is 2. The lowest BCUT2D eigenvalue weighted by atomic mass is 10.0. The fourth-order valence-electron chi connectivity index (χ4n) is 3.27. The van der Waals surface area contributed by atoms with E-state index in [-0.39, 0.29) is 30.1 Å². The fourth-order valence-corrected chi connectivity index (χ4v) is 3.27. The minimum Gasteiger partial charge on any atom is -0.493 e. The average molecular weight is 384 g/mol. The second-order valence-corrected chi connectivity index (χ2v) is 6.94. The number of ether oxygens (including phenoxy) is 1. The number of carbonyl (C=O) groups is 2. The van der Waals surface area contributed by atoms with Crippen molar-refractivity contribution in [3.8, 4) is 5.75 Å². The summed E-state index contributed by atoms with van der Waals surface area (Å²) in [5.41, 5.74) is 0.782. The third kappa shape index (κ3) is 6.08. The smallest absolute Gasteiger partial charge is 0.225 e. The van der Waals surface area contributed by atoms with Crippen molar-refractivity contribution in [2.45, 2.75) is 31.7 Å². The molecule has 1 N–H and O–H groups in total. The van der Waals surface area contributed by atoms with Gasteiger partial charge in [0.25, 0.3) is 0 Å². The normalized spacial score (nSPS) is 14.5. The molecule has 1 heterocycles. The third-order valence-corrected chi connectivity index (χ3v) is 4.82. The van der Waals surface area contributed by atoms with Crippen LogP contribution in [0.3, 0.4) is 0 Å². The number of amides is 2. The van der Waals surface area contributed by atoms with Gasteiger partial charge in [0.2, 0.25) is 11.8 Å². The quantitative estimate of drug-likeness (QED) is 0.799. The number of likely N-dealkylation sites (tertiary alicyclic amines) is 1. The molecule has 3 rings (SSSR count). The fraction of sp³-hybridized carbons (Fsp3) is 0.364. The maximum absolute atomic E-state index is 12.9. The van der Waals surface area contributed by atoms with E-state index in [2.05, 4.69) is 5.32 Å². The maximum Gasteiger partial charge on any atom is 0.225 e. The van der Waals surface area contributed by atoms with E-state index >= 15 is 0 Å². The first-order valence-corrected chi connectivity index (χ1v) is 9.59. The number of piperidine rings is 1. The van der Waals surface area contributed by atoms with Crippen LogP contribution in [0.25, 0.3) is 0 Å². The van der Waals surface area contributed by atoms with Gasteiger partial charge in [-0.2, -0.15) is 0 Å². The van der Waals surface area contributed by atoms with Gasteiger partial charge in [-0.25, -0.2) is 4.39 Å². The Morgan fingerprint density at radius 2 is 1.71 bits per heavy atom. The van der Waals surface area contributed by atoms with Crippen LogP contribution in [0.2, 0.25) is 0 Å². The van der Waals surface area contributed by atoms with Crippen LogP contribution in [-0.4, -0.2) is 42.5 Å². The molecular formula is C22H25FN2O3. The number of benzene rings is 2. The molecule has 1 aliphatic heterocycles. The van der Waals surface area contributed by atoms with Crippen LogP contribution >= 0.6 is 0 Å². The first-order valence-electron chi connectivity index (χ1n) is 9.59. The molecule has 0 saturated carbocycles. The van der Waals surface area contributed by atoms with Crippen LogP contribution < -0.4 is 10.1 Å². The molecule has 1 saturated heterocycles. The number of nitrogens with one attached hydrogen (secondary N) is 1. The van der Waals surface area contributed by atoms with E-state index < -0.39 is 0 Å². The van der Waals surface area contributed by atoms with Crippen molar-refractivity contribution in [3.05, 3.63) is 66.0 Å². The molecule has 0 unspecified atom stereocenters. The molecule has 0 bridgehead atoms. The SMILES string of the molecule is O=C(Cc1ccc(F)cc1)NC1CCN(C(=O)CCOc2ccccc2)CC1. The van der Waals surface area contributed by atoms with Gasteiger partial charge in [0, 0.05) is 19.1 Å². The van der Waals surface area contributed by atoms with Gasteiger partial charge in [-0.3, -0.25) is 9.59 Å². The Kier molecular flexibility index (Phi) is 7.00. The Bertz CT molecular complexity index is 772. The summed E-state index contributed by atoms with van der Waals surface area (Å²) in [6.45, 7) is 1.62. The number of hydrogen-bond donors (Lipinski definition) is 1. The van der Waals surface area contributed by atoms with Crippen molar-refractivity contribution < 1.29 is 18.7 Å². The average Bonchev–Trinajstić information content (AvgIpc) is 2.71. The molecule has 1 fully saturated rings. The number of para-hydroxylation sites is 1. The molecule has 28 heavy (non-hydrogen) atoms. The maximum atomic E-state index is 12.9. The van der Waals surface area contributed by atoms with Gasteiger partial charge in [-0.15, -0.1) is 0 Å². The first kappa shape index (κ1) is 19.9. The number of hydrogen-bond acceptors (Lipinski definition) is 3. The predicted molar refractivity (Wildman–Crippen MR) is 104 cm³/mol. The van der Waals surface area contributed by atoms with Gasteiger partial charge >= 0.3 is 0 Å². The van der Waals surface area contributed by atoms with Gasteiger partial charge in [0.15, 0.2) is 0 Å². The summed E-state index contributed by atoms with van der Waals surface area (Å²) < 4.78 is 18.5. The Labute approximate surface area is 164 Å². The highest BCUT2D eigenvalue weighted by atomic mass is 19.1. The lowest BCUT2D eigenvalue weighted by Crippen LogP contribution is -2.47. The third-order valence-electron chi connectivity index (χ3n) is 4.82. The van der Waals surface area contributed by atoms with Crippen LogP contribution in [-0.2, 0) is 16.0 Å². The molecule has 6 heteroatoms. The van der Waals surface area contributed by atoms with E-state index in [0.717, 1.165) is 24.2 Å². The number of nitrogens with zero attached hydrogens (tertiary/aromatic N) is 1. The Morgan fingerprint density at radius 1 is 1.04 bits per heavy atom. The molecule has 2 amide bonds. The van der Waals surface area contributed by atoms with Crippen molar-refractivity contribution in [2.24, 2.45) is 0 Å². The van der Waals surface area contributed by atoms with Crippen LogP contribution in [0.1, 0.15) is 24.8 Å². The van der Waals surface area contributed by atoms with E-state index in [1.54, 1.807) is 12.1 Å². The molecule has 0 radical (unpaired) electrons. The monoisotopic (exact) mass is 384 g/mol. The first-order chi connectivity index (χ1) is 13.6. The molecular weight excluding hydrogens is 359 g/mol. The number of rotatable bonds is 7. The summed E-state index contributed by atoms with van der Waals surface area (Å²) in [4.78, 5) is 26.3. The second kappa shape index (κ2) is 9.88. The van der Waals surface area contributed by atoms with E-state index in [1.165, 1.54) is 12.1 Å². The zero-order valence-corrected chi connectivity index (χ0v) is 15.8. The highest BCUT2D eigenvalue weighted by molar-refractivity contribution is 5.79. The van der Waals surface area contributed by atoms with E-state index in [1.807, 2.05) is 35.2 Å². The van der Waals surface area contributed by atoms with Crippen molar-refractivity contribution >= 4 is 11.8 Å². The molecule has 1 aliphatic rings.